The Balaban J connectivity index is 2.03. The van der Waals surface area contributed by atoms with Crippen LogP contribution >= 0.6 is 0 Å². The van der Waals surface area contributed by atoms with Crippen LogP contribution in [-0.4, -0.2) is 53.7 Å². The summed E-state index contributed by atoms with van der Waals surface area (Å²) in [4.78, 5) is 31.6. The minimum atomic E-state index is -1.06. The molecule has 0 aliphatic rings. The normalized spacial score (nSPS) is 12.3. The Morgan fingerprint density at radius 2 is 1.77 bits per heavy atom. The van der Waals surface area contributed by atoms with Crippen molar-refractivity contribution < 1.29 is 33.3 Å². The zero-order valence-electron chi connectivity index (χ0n) is 23.5. The van der Waals surface area contributed by atoms with E-state index >= 15 is 0 Å². The molecule has 0 saturated heterocycles. The highest BCUT2D eigenvalue weighted by atomic mass is 16.7. The first kappa shape index (κ1) is 31.4. The van der Waals surface area contributed by atoms with Gasteiger partial charge < -0.3 is 19.5 Å². The van der Waals surface area contributed by atoms with E-state index in [9.17, 15) is 9.59 Å². The second-order valence-electron chi connectivity index (χ2n) is 10.8. The summed E-state index contributed by atoms with van der Waals surface area (Å²) in [5.41, 5.74) is 9.30. The van der Waals surface area contributed by atoms with Crippen LogP contribution in [0.3, 0.4) is 0 Å². The third kappa shape index (κ3) is 11.6. The molecule has 1 aromatic carbocycles. The maximum Gasteiger partial charge on any atom is 0.407 e. The lowest BCUT2D eigenvalue weighted by molar-refractivity contribution is -0.773. The maximum atomic E-state index is 12.2. The second kappa shape index (κ2) is 14.4. The van der Waals surface area contributed by atoms with E-state index in [4.69, 9.17) is 30.5 Å². The number of ether oxygens (including phenoxy) is 3. The minimum absolute atomic E-state index is 0.0993. The van der Waals surface area contributed by atoms with Crippen LogP contribution in [0.25, 0.3) is 21.6 Å². The van der Waals surface area contributed by atoms with Crippen molar-refractivity contribution in [1.82, 2.24) is 10.00 Å². The van der Waals surface area contributed by atoms with Crippen molar-refractivity contribution in [2.24, 2.45) is 11.0 Å². The van der Waals surface area contributed by atoms with Gasteiger partial charge in [-0.05, 0) is 71.2 Å². The number of aryl methyl sites for hydroxylation is 1. The highest BCUT2D eigenvalue weighted by molar-refractivity contribution is 5.75. The Morgan fingerprint density at radius 3 is 2.36 bits per heavy atom. The summed E-state index contributed by atoms with van der Waals surface area (Å²) in [5, 5.41) is 6.39. The number of amides is 1. The van der Waals surface area contributed by atoms with Gasteiger partial charge in [-0.1, -0.05) is 17.2 Å². The van der Waals surface area contributed by atoms with E-state index in [1.165, 1.54) is 0 Å². The molecule has 3 N–H and O–H groups in total. The van der Waals surface area contributed by atoms with Crippen LogP contribution in [0.1, 0.15) is 48.0 Å². The molecule has 13 nitrogen and oxygen atoms in total. The molecule has 0 aliphatic heterocycles. The molecule has 0 bridgehead atoms. The number of alkyl carbamates (subject to hydrolysis) is 1. The third-order valence-corrected chi connectivity index (χ3v) is 5.05. The highest BCUT2D eigenvalue weighted by Gasteiger charge is 2.26. The van der Waals surface area contributed by atoms with Crippen LogP contribution in [0.4, 0.5) is 4.79 Å². The van der Waals surface area contributed by atoms with Gasteiger partial charge in [0.15, 0.2) is 6.54 Å². The Labute approximate surface area is 228 Å². The van der Waals surface area contributed by atoms with Gasteiger partial charge in [-0.3, -0.25) is 4.84 Å². The minimum Gasteiger partial charge on any atom is -0.490 e. The molecular formula is C26H40N7O6+. The predicted octanol–water partition coefficient (Wildman–Crippen LogP) is 3.65. The molecule has 0 aliphatic carbocycles. The van der Waals surface area contributed by atoms with Crippen molar-refractivity contribution in [2.45, 2.75) is 78.4 Å². The molecule has 1 atom stereocenters. The first-order chi connectivity index (χ1) is 18.3. The molecule has 1 aromatic heterocycles. The largest absolute Gasteiger partial charge is 0.490 e. The van der Waals surface area contributed by atoms with Crippen LogP contribution < -0.4 is 20.6 Å². The van der Waals surface area contributed by atoms with Crippen LogP contribution in [-0.2, 0) is 32.2 Å². The molecule has 2 rings (SSSR count). The number of nitrogens with two attached hydrogens (primary N) is 1. The SMILES string of the molecule is CC(C)(C)OC(=O)NCCCn1cc(-c2ccc(OC[C@H](ON)C(=O)OC(C)(C)C)cc2)c[n+]1CCN=[N+]=[N-]. The summed E-state index contributed by atoms with van der Waals surface area (Å²) in [7, 11) is 0. The number of azide groups is 1. The predicted molar refractivity (Wildman–Crippen MR) is 143 cm³/mol. The average Bonchev–Trinajstić information content (AvgIpc) is 3.23. The Bertz CT molecular complexity index is 1130. The lowest BCUT2D eigenvalue weighted by Crippen LogP contribution is -2.44. The van der Waals surface area contributed by atoms with Gasteiger partial charge in [0.25, 0.3) is 0 Å². The van der Waals surface area contributed by atoms with Gasteiger partial charge in [-0.2, -0.15) is 4.68 Å². The molecule has 0 fully saturated rings. The first-order valence-corrected chi connectivity index (χ1v) is 12.7. The molecule has 0 radical (unpaired) electrons. The number of rotatable bonds is 13. The number of nitrogens with zero attached hydrogens (tertiary/aromatic N) is 5. The van der Waals surface area contributed by atoms with Crippen molar-refractivity contribution in [2.75, 3.05) is 19.7 Å². The fraction of sp³-hybridized carbons (Fsp3) is 0.577. The third-order valence-electron chi connectivity index (χ3n) is 5.05. The fourth-order valence-corrected chi connectivity index (χ4v) is 3.42. The van der Waals surface area contributed by atoms with E-state index in [-0.39, 0.29) is 6.61 Å². The zero-order valence-corrected chi connectivity index (χ0v) is 23.5. The van der Waals surface area contributed by atoms with Gasteiger partial charge in [-0.15, -0.1) is 4.68 Å². The standard InChI is InChI=1S/C26H39N7O6/c1-25(2,3)37-23(34)22(39-28)18-36-21-10-8-19(9-11-21)20-16-32(33(17-20)15-13-30-31-27)14-7-12-29-24(35)38-26(4,5)6/h8-11,16-17,22H,7,12-15,18,28H2,1-6H3/p+1/t22-/m0/s1. The molecule has 2 aromatic rings. The number of carbonyl (C=O) groups is 2. The molecule has 39 heavy (non-hydrogen) atoms. The van der Waals surface area contributed by atoms with Crippen molar-refractivity contribution in [1.29, 1.82) is 0 Å². The molecule has 13 heteroatoms. The molecule has 214 valence electrons. The topological polar surface area (TPSA) is 167 Å². The summed E-state index contributed by atoms with van der Waals surface area (Å²) < 4.78 is 20.2. The van der Waals surface area contributed by atoms with Crippen molar-refractivity contribution in [3.05, 3.63) is 47.1 Å². The van der Waals surface area contributed by atoms with E-state index in [2.05, 4.69) is 15.3 Å². The van der Waals surface area contributed by atoms with Crippen molar-refractivity contribution in [3.63, 3.8) is 0 Å². The Hall–Kier alpha value is -3.80. The Morgan fingerprint density at radius 1 is 1.10 bits per heavy atom. The van der Waals surface area contributed by atoms with Gasteiger partial charge in [0.2, 0.25) is 12.3 Å². The lowest BCUT2D eigenvalue weighted by Gasteiger charge is -2.22. The molecule has 1 heterocycles. The van der Waals surface area contributed by atoms with E-state index in [1.807, 2.05) is 54.7 Å². The molecule has 1 amide bonds. The molecule has 0 unspecified atom stereocenters. The van der Waals surface area contributed by atoms with E-state index in [0.29, 0.717) is 38.3 Å². The number of hydrogen-bond acceptors (Lipinski definition) is 8. The van der Waals surface area contributed by atoms with Crippen LogP contribution in [0.15, 0.2) is 41.8 Å². The monoisotopic (exact) mass is 546 g/mol. The van der Waals surface area contributed by atoms with E-state index < -0.39 is 29.4 Å². The number of carbonyl (C=O) groups excluding carboxylic acids is 2. The Kier molecular flexibility index (Phi) is 11.6. The molecular weight excluding hydrogens is 506 g/mol. The number of benzene rings is 1. The summed E-state index contributed by atoms with van der Waals surface area (Å²) in [6.07, 6.45) is 3.11. The van der Waals surface area contributed by atoms with Crippen molar-refractivity contribution in [3.8, 4) is 16.9 Å². The van der Waals surface area contributed by atoms with Gasteiger partial charge in [0, 0.05) is 11.5 Å². The lowest BCUT2D eigenvalue weighted by atomic mass is 10.1. The zero-order chi connectivity index (χ0) is 29.1. The summed E-state index contributed by atoms with van der Waals surface area (Å²) in [6, 6.07) is 7.35. The smallest absolute Gasteiger partial charge is 0.407 e. The van der Waals surface area contributed by atoms with Gasteiger partial charge in [0.1, 0.15) is 23.6 Å². The molecule has 0 saturated carbocycles. The summed E-state index contributed by atoms with van der Waals surface area (Å²) in [5.74, 6) is 5.19. The second-order valence-corrected chi connectivity index (χ2v) is 10.8. The molecule has 0 spiro atoms. The maximum absolute atomic E-state index is 12.2. The van der Waals surface area contributed by atoms with Gasteiger partial charge in [0.05, 0.1) is 24.8 Å². The van der Waals surface area contributed by atoms with Crippen LogP contribution in [0.5, 0.6) is 5.75 Å². The van der Waals surface area contributed by atoms with Gasteiger partial charge >= 0.3 is 12.1 Å². The average molecular weight is 547 g/mol. The van der Waals surface area contributed by atoms with E-state index in [0.717, 1.165) is 11.1 Å². The van der Waals surface area contributed by atoms with Crippen LogP contribution in [0, 0.1) is 0 Å². The quantitative estimate of drug-likeness (QED) is 0.0735. The first-order valence-electron chi connectivity index (χ1n) is 12.7. The van der Waals surface area contributed by atoms with Crippen molar-refractivity contribution >= 4 is 12.1 Å². The number of nitrogens with one attached hydrogen (secondary N) is 1. The number of aromatic nitrogens is 2. The summed E-state index contributed by atoms with van der Waals surface area (Å²) >= 11 is 0. The van der Waals surface area contributed by atoms with Gasteiger partial charge in [-0.25, -0.2) is 15.5 Å². The fourth-order valence-electron chi connectivity index (χ4n) is 3.42. The number of esters is 1. The van der Waals surface area contributed by atoms with Crippen LogP contribution in [0.2, 0.25) is 0 Å². The van der Waals surface area contributed by atoms with E-state index in [1.54, 1.807) is 32.9 Å². The highest BCUT2D eigenvalue weighted by Crippen LogP contribution is 2.22. The summed E-state index contributed by atoms with van der Waals surface area (Å²) in [6.45, 7) is 12.5. The number of hydrogen-bond donors (Lipinski definition) is 2.